The van der Waals surface area contributed by atoms with Crippen LogP contribution in [0.2, 0.25) is 5.02 Å². The fourth-order valence-electron chi connectivity index (χ4n) is 6.74. The maximum absolute atomic E-state index is 16.5. The second-order valence-corrected chi connectivity index (χ2v) is 12.1. The number of halogens is 6. The van der Waals surface area contributed by atoms with Gasteiger partial charge in [-0.1, -0.05) is 11.6 Å². The fraction of sp³-hybridized carbons (Fsp3) is 0.536. The second kappa shape index (κ2) is 10.4. The first-order chi connectivity index (χ1) is 20.5. The zero-order valence-corrected chi connectivity index (χ0v) is 23.7. The summed E-state index contributed by atoms with van der Waals surface area (Å²) in [6.45, 7) is 3.05. The predicted molar refractivity (Wildman–Crippen MR) is 150 cm³/mol. The standard InChI is InChI=1S/C28H29ClF5N7O2/c29-18-9-15(35)8-17(20(18)28(32,33)34)22-21(31)23-19-24(40(12-16-2-4-36-16)6-7-42-25(19)37-22)39-26(38-23)43-13-27-3-1-5-41(27)11-14(30)10-27/h8-9,14,16,36H,1-7,10-13,35H2/t14-,16?,27+/m1/s1. The quantitative estimate of drug-likeness (QED) is 0.301. The minimum absolute atomic E-state index is 0.0918. The van der Waals surface area contributed by atoms with Gasteiger partial charge < -0.3 is 25.4 Å². The Balaban J connectivity index is 1.38. The molecule has 1 aromatic carbocycles. The highest BCUT2D eigenvalue weighted by Gasteiger charge is 2.49. The third kappa shape index (κ3) is 4.96. The van der Waals surface area contributed by atoms with Gasteiger partial charge in [0.2, 0.25) is 5.88 Å². The Labute approximate surface area is 248 Å². The Morgan fingerprint density at radius 2 is 2.02 bits per heavy atom. The Bertz CT molecular complexity index is 1590. The summed E-state index contributed by atoms with van der Waals surface area (Å²) in [6, 6.07) is 1.93. The second-order valence-electron chi connectivity index (χ2n) is 11.7. The van der Waals surface area contributed by atoms with Crippen LogP contribution in [0, 0.1) is 5.82 Å². The summed E-state index contributed by atoms with van der Waals surface area (Å²) in [5, 5.41) is 2.76. The summed E-state index contributed by atoms with van der Waals surface area (Å²) in [5.74, 6) is -0.936. The molecule has 0 bridgehead atoms. The highest BCUT2D eigenvalue weighted by atomic mass is 35.5. The molecule has 3 atom stereocenters. The lowest BCUT2D eigenvalue weighted by molar-refractivity contribution is -0.137. The van der Waals surface area contributed by atoms with Crippen LogP contribution in [-0.2, 0) is 6.18 Å². The first-order valence-electron chi connectivity index (χ1n) is 14.2. The molecule has 1 unspecified atom stereocenters. The van der Waals surface area contributed by atoms with Gasteiger partial charge in [0.15, 0.2) is 5.82 Å². The van der Waals surface area contributed by atoms with Gasteiger partial charge in [-0.05, 0) is 44.5 Å². The fourth-order valence-corrected chi connectivity index (χ4v) is 7.07. The van der Waals surface area contributed by atoms with Crippen molar-refractivity contribution in [3.8, 4) is 23.1 Å². The SMILES string of the molecule is Nc1cc(Cl)c(C(F)(F)F)c(-c2nc3c4c(nc(OC[C@@]56CCCN5C[C@H](F)C6)nc4c2F)N(CC2CCN2)CCO3)c1. The van der Waals surface area contributed by atoms with Gasteiger partial charge >= 0.3 is 12.2 Å². The number of benzene rings is 1. The van der Waals surface area contributed by atoms with Crippen molar-refractivity contribution >= 4 is 34.0 Å². The number of alkyl halides is 4. The zero-order chi connectivity index (χ0) is 30.1. The number of nitrogen functional groups attached to an aromatic ring is 1. The third-order valence-electron chi connectivity index (χ3n) is 8.86. The molecule has 15 heteroatoms. The minimum Gasteiger partial charge on any atom is -0.475 e. The number of rotatable bonds is 6. The van der Waals surface area contributed by atoms with Crippen LogP contribution in [0.4, 0.5) is 33.5 Å². The average molecular weight is 626 g/mol. The smallest absolute Gasteiger partial charge is 0.418 e. The van der Waals surface area contributed by atoms with E-state index in [-0.39, 0.29) is 47.7 Å². The third-order valence-corrected chi connectivity index (χ3v) is 9.16. The van der Waals surface area contributed by atoms with E-state index < -0.39 is 45.5 Å². The van der Waals surface area contributed by atoms with Crippen LogP contribution in [-0.4, -0.2) is 83.5 Å². The first-order valence-corrected chi connectivity index (χ1v) is 14.6. The van der Waals surface area contributed by atoms with E-state index in [1.54, 1.807) is 0 Å². The molecule has 4 aliphatic heterocycles. The van der Waals surface area contributed by atoms with Gasteiger partial charge in [-0.3, -0.25) is 4.90 Å². The zero-order valence-electron chi connectivity index (χ0n) is 23.0. The number of anilines is 2. The van der Waals surface area contributed by atoms with Gasteiger partial charge in [0.05, 0.1) is 22.7 Å². The molecule has 6 heterocycles. The molecular weight excluding hydrogens is 597 g/mol. The van der Waals surface area contributed by atoms with Gasteiger partial charge in [-0.15, -0.1) is 0 Å². The maximum atomic E-state index is 16.5. The molecular formula is C28H29ClF5N7O2. The Morgan fingerprint density at radius 3 is 2.77 bits per heavy atom. The van der Waals surface area contributed by atoms with E-state index in [2.05, 4.69) is 25.2 Å². The number of nitrogens with zero attached hydrogens (tertiary/aromatic N) is 5. The van der Waals surface area contributed by atoms with E-state index >= 15 is 4.39 Å². The van der Waals surface area contributed by atoms with Crippen molar-refractivity contribution in [2.45, 2.75) is 49.6 Å². The molecule has 230 valence electrons. The summed E-state index contributed by atoms with van der Waals surface area (Å²) in [5.41, 5.74) is 2.33. The molecule has 2 aromatic heterocycles. The molecule has 7 rings (SSSR count). The topological polar surface area (TPSA) is 102 Å². The molecule has 3 saturated heterocycles. The van der Waals surface area contributed by atoms with Crippen molar-refractivity contribution in [3.63, 3.8) is 0 Å². The summed E-state index contributed by atoms with van der Waals surface area (Å²) in [4.78, 5) is 17.2. The number of hydrogen-bond donors (Lipinski definition) is 2. The van der Waals surface area contributed by atoms with Crippen molar-refractivity contribution in [1.82, 2.24) is 25.2 Å². The molecule has 43 heavy (non-hydrogen) atoms. The van der Waals surface area contributed by atoms with E-state index in [1.807, 2.05) is 4.90 Å². The minimum atomic E-state index is -4.93. The van der Waals surface area contributed by atoms with Crippen molar-refractivity contribution in [1.29, 1.82) is 0 Å². The van der Waals surface area contributed by atoms with Crippen LogP contribution in [0.25, 0.3) is 22.2 Å². The van der Waals surface area contributed by atoms with Crippen LogP contribution in [0.3, 0.4) is 0 Å². The maximum Gasteiger partial charge on any atom is 0.418 e. The van der Waals surface area contributed by atoms with E-state index in [1.165, 1.54) is 0 Å². The molecule has 0 radical (unpaired) electrons. The number of aromatic nitrogens is 3. The van der Waals surface area contributed by atoms with Crippen molar-refractivity contribution < 1.29 is 31.4 Å². The van der Waals surface area contributed by atoms with Crippen LogP contribution in [0.15, 0.2) is 12.1 Å². The average Bonchev–Trinajstić information content (AvgIpc) is 3.37. The number of nitrogens with two attached hydrogens (primary N) is 1. The summed E-state index contributed by atoms with van der Waals surface area (Å²) in [6.07, 6.45) is -3.02. The lowest BCUT2D eigenvalue weighted by Crippen LogP contribution is -2.51. The molecule has 0 saturated carbocycles. The Kier molecular flexibility index (Phi) is 6.93. The predicted octanol–water partition coefficient (Wildman–Crippen LogP) is 4.60. The Hall–Kier alpha value is -3.23. The number of hydrogen-bond acceptors (Lipinski definition) is 9. The van der Waals surface area contributed by atoms with E-state index in [0.717, 1.165) is 44.5 Å². The van der Waals surface area contributed by atoms with Crippen LogP contribution in [0.5, 0.6) is 11.9 Å². The number of ether oxygens (including phenoxy) is 2. The highest BCUT2D eigenvalue weighted by molar-refractivity contribution is 6.32. The Morgan fingerprint density at radius 1 is 1.21 bits per heavy atom. The summed E-state index contributed by atoms with van der Waals surface area (Å²) in [7, 11) is 0. The molecule has 3 N–H and O–H groups in total. The van der Waals surface area contributed by atoms with Gasteiger partial charge in [0.25, 0.3) is 0 Å². The summed E-state index contributed by atoms with van der Waals surface area (Å²) < 4.78 is 85.3. The number of fused-ring (bicyclic) bond motifs is 1. The van der Waals surface area contributed by atoms with Crippen LogP contribution >= 0.6 is 11.6 Å². The molecule has 0 spiro atoms. The van der Waals surface area contributed by atoms with E-state index in [0.29, 0.717) is 31.9 Å². The first kappa shape index (κ1) is 28.5. The van der Waals surface area contributed by atoms with Gasteiger partial charge in [-0.2, -0.15) is 23.1 Å². The largest absolute Gasteiger partial charge is 0.475 e. The van der Waals surface area contributed by atoms with Gasteiger partial charge in [-0.25, -0.2) is 13.8 Å². The molecule has 3 aromatic rings. The summed E-state index contributed by atoms with van der Waals surface area (Å²) >= 11 is 5.97. The van der Waals surface area contributed by atoms with Gasteiger partial charge in [0.1, 0.15) is 41.8 Å². The van der Waals surface area contributed by atoms with Crippen LogP contribution < -0.4 is 25.4 Å². The molecule has 4 aliphatic rings. The number of nitrogens with one attached hydrogen (secondary N) is 1. The molecule has 0 aliphatic carbocycles. The highest BCUT2D eigenvalue weighted by Crippen LogP contribution is 2.46. The molecule has 9 nitrogen and oxygen atoms in total. The van der Waals surface area contributed by atoms with Gasteiger partial charge in [0, 0.05) is 36.8 Å². The van der Waals surface area contributed by atoms with E-state index in [4.69, 9.17) is 26.8 Å². The van der Waals surface area contributed by atoms with Crippen molar-refractivity contribution in [3.05, 3.63) is 28.5 Å². The lowest BCUT2D eigenvalue weighted by Gasteiger charge is -2.34. The molecule has 3 fully saturated rings. The van der Waals surface area contributed by atoms with Crippen LogP contribution in [0.1, 0.15) is 31.2 Å². The number of pyridine rings is 1. The van der Waals surface area contributed by atoms with Crippen molar-refractivity contribution in [2.75, 3.05) is 56.6 Å². The monoisotopic (exact) mass is 625 g/mol. The van der Waals surface area contributed by atoms with Crippen molar-refractivity contribution in [2.24, 2.45) is 0 Å². The lowest BCUT2D eigenvalue weighted by atomic mass is 9.95. The molecule has 0 amide bonds. The van der Waals surface area contributed by atoms with E-state index in [9.17, 15) is 17.6 Å². The normalized spacial score (nSPS) is 25.4.